The number of amides is 2. The van der Waals surface area contributed by atoms with Crippen molar-refractivity contribution in [2.75, 3.05) is 5.32 Å². The van der Waals surface area contributed by atoms with Crippen molar-refractivity contribution in [2.45, 2.75) is 22.8 Å². The zero-order valence-corrected chi connectivity index (χ0v) is 19.1. The van der Waals surface area contributed by atoms with Gasteiger partial charge in [-0.25, -0.2) is 0 Å². The van der Waals surface area contributed by atoms with Crippen LogP contribution in [0, 0.1) is 0 Å². The molecule has 168 valence electrons. The number of aromatic hydroxyl groups is 1. The Labute approximate surface area is 201 Å². The zero-order valence-electron chi connectivity index (χ0n) is 18.2. The average molecular weight is 467 g/mol. The number of carbonyl (C=O) groups excluding carboxylic acids is 2. The molecular weight excluding hydrogens is 444 g/mol. The molecule has 0 aliphatic carbocycles. The molecule has 5 nitrogen and oxygen atoms in total. The number of hydrogen-bond acceptors (Lipinski definition) is 4. The summed E-state index contributed by atoms with van der Waals surface area (Å²) in [6.07, 6.45) is 0.695. The van der Waals surface area contributed by atoms with E-state index in [9.17, 15) is 14.7 Å². The third kappa shape index (κ3) is 4.82. The largest absolute Gasteiger partial charge is 0.508 e. The van der Waals surface area contributed by atoms with E-state index in [-0.39, 0.29) is 17.6 Å². The van der Waals surface area contributed by atoms with Crippen LogP contribution in [0.5, 0.6) is 5.75 Å². The van der Waals surface area contributed by atoms with Crippen molar-refractivity contribution in [1.29, 1.82) is 0 Å². The second kappa shape index (κ2) is 9.45. The summed E-state index contributed by atoms with van der Waals surface area (Å²) >= 11 is 1.51. The van der Waals surface area contributed by atoms with E-state index in [1.54, 1.807) is 30.3 Å². The lowest BCUT2D eigenvalue weighted by Gasteiger charge is -2.11. The van der Waals surface area contributed by atoms with Crippen molar-refractivity contribution in [3.05, 3.63) is 119 Å². The average Bonchev–Trinajstić information content (AvgIpc) is 2.98. The van der Waals surface area contributed by atoms with Gasteiger partial charge in [-0.05, 0) is 65.6 Å². The molecule has 0 bridgehead atoms. The van der Waals surface area contributed by atoms with Gasteiger partial charge in [0.15, 0.2) is 0 Å². The third-order valence-electron chi connectivity index (χ3n) is 5.60. The van der Waals surface area contributed by atoms with E-state index in [2.05, 4.69) is 16.7 Å². The van der Waals surface area contributed by atoms with E-state index in [1.165, 1.54) is 11.8 Å². The highest BCUT2D eigenvalue weighted by Gasteiger charge is 2.20. The van der Waals surface area contributed by atoms with E-state index in [1.807, 2.05) is 54.6 Å². The molecule has 0 spiro atoms. The summed E-state index contributed by atoms with van der Waals surface area (Å²) in [6.45, 7) is 0.385. The first-order chi connectivity index (χ1) is 16.5. The zero-order chi connectivity index (χ0) is 23.5. The molecule has 0 aromatic heterocycles. The first kappa shape index (κ1) is 21.8. The number of hydrogen-bond donors (Lipinski definition) is 3. The standard InChI is InChI=1S/C28H22N2O3S/c31-22-8-4-6-19(15-22)13-18-5-3-7-20(14-18)17-29-27(32)21-11-12-26-24(16-21)30-28(33)23-9-1-2-10-25(23)34-26/h1-12,14-16,31H,13,17H2,(H,29,32)(H,30,33). The first-order valence-corrected chi connectivity index (χ1v) is 11.7. The molecule has 3 N–H and O–H groups in total. The summed E-state index contributed by atoms with van der Waals surface area (Å²) in [7, 11) is 0. The highest BCUT2D eigenvalue weighted by Crippen LogP contribution is 2.39. The molecule has 1 aliphatic rings. The Morgan fingerprint density at radius 2 is 1.59 bits per heavy atom. The highest BCUT2D eigenvalue weighted by atomic mass is 32.2. The fraction of sp³-hybridized carbons (Fsp3) is 0.0714. The minimum atomic E-state index is -0.206. The molecule has 0 saturated heterocycles. The van der Waals surface area contributed by atoms with Crippen LogP contribution >= 0.6 is 11.8 Å². The Morgan fingerprint density at radius 3 is 2.44 bits per heavy atom. The van der Waals surface area contributed by atoms with Crippen LogP contribution in [0.4, 0.5) is 5.69 Å². The maximum atomic E-state index is 12.8. The number of nitrogens with one attached hydrogen (secondary N) is 2. The van der Waals surface area contributed by atoms with E-state index >= 15 is 0 Å². The predicted molar refractivity (Wildman–Crippen MR) is 133 cm³/mol. The molecule has 1 aliphatic heterocycles. The Bertz CT molecular complexity index is 1400. The van der Waals surface area contributed by atoms with Gasteiger partial charge in [0.05, 0.1) is 11.3 Å². The van der Waals surface area contributed by atoms with E-state index in [4.69, 9.17) is 0 Å². The molecule has 0 atom stereocenters. The summed E-state index contributed by atoms with van der Waals surface area (Å²) in [5.74, 6) is -0.134. The lowest BCUT2D eigenvalue weighted by atomic mass is 10.0. The second-order valence-electron chi connectivity index (χ2n) is 8.11. The van der Waals surface area contributed by atoms with Gasteiger partial charge in [-0.3, -0.25) is 9.59 Å². The van der Waals surface area contributed by atoms with Crippen molar-refractivity contribution >= 4 is 29.3 Å². The Morgan fingerprint density at radius 1 is 0.824 bits per heavy atom. The summed E-state index contributed by atoms with van der Waals surface area (Å²) in [4.78, 5) is 27.2. The molecule has 4 aromatic carbocycles. The Kier molecular flexibility index (Phi) is 6.06. The molecular formula is C28H22N2O3S. The van der Waals surface area contributed by atoms with E-state index < -0.39 is 0 Å². The monoisotopic (exact) mass is 466 g/mol. The number of phenolic OH excluding ortho intramolecular Hbond substituents is 1. The molecule has 0 radical (unpaired) electrons. The van der Waals surface area contributed by atoms with Crippen molar-refractivity contribution in [1.82, 2.24) is 5.32 Å². The summed E-state index contributed by atoms with van der Waals surface area (Å²) in [5.41, 5.74) is 4.85. The minimum absolute atomic E-state index is 0.178. The van der Waals surface area contributed by atoms with Crippen LogP contribution in [0.2, 0.25) is 0 Å². The first-order valence-electron chi connectivity index (χ1n) is 10.9. The maximum Gasteiger partial charge on any atom is 0.256 e. The molecule has 0 unspecified atom stereocenters. The van der Waals surface area contributed by atoms with Gasteiger partial charge < -0.3 is 15.7 Å². The molecule has 6 heteroatoms. The van der Waals surface area contributed by atoms with E-state index in [0.29, 0.717) is 29.8 Å². The number of rotatable bonds is 5. The van der Waals surface area contributed by atoms with Gasteiger partial charge in [0.25, 0.3) is 11.8 Å². The molecule has 0 saturated carbocycles. The fourth-order valence-electron chi connectivity index (χ4n) is 3.95. The smallest absolute Gasteiger partial charge is 0.256 e. The molecule has 2 amide bonds. The van der Waals surface area contributed by atoms with Gasteiger partial charge in [0.1, 0.15) is 5.75 Å². The van der Waals surface area contributed by atoms with Gasteiger partial charge >= 0.3 is 0 Å². The van der Waals surface area contributed by atoms with Crippen LogP contribution in [-0.4, -0.2) is 16.9 Å². The maximum absolute atomic E-state index is 12.8. The van der Waals surface area contributed by atoms with Crippen LogP contribution in [0.15, 0.2) is 101 Å². The van der Waals surface area contributed by atoms with Crippen LogP contribution < -0.4 is 10.6 Å². The van der Waals surface area contributed by atoms with E-state index in [0.717, 1.165) is 26.5 Å². The SMILES string of the molecule is O=C(NCc1cccc(Cc2cccc(O)c2)c1)c1ccc2c(c1)NC(=O)c1ccccc1S2. The molecule has 34 heavy (non-hydrogen) atoms. The molecule has 4 aromatic rings. The van der Waals surface area contributed by atoms with Crippen LogP contribution in [0.3, 0.4) is 0 Å². The fourth-order valence-corrected chi connectivity index (χ4v) is 4.96. The summed E-state index contributed by atoms with van der Waals surface area (Å²) in [6, 6.07) is 28.1. The summed E-state index contributed by atoms with van der Waals surface area (Å²) < 4.78 is 0. The summed E-state index contributed by atoms with van der Waals surface area (Å²) in [5, 5.41) is 15.6. The van der Waals surface area contributed by atoms with Crippen molar-refractivity contribution in [2.24, 2.45) is 0 Å². The second-order valence-corrected chi connectivity index (χ2v) is 9.20. The number of fused-ring (bicyclic) bond motifs is 2. The van der Waals surface area contributed by atoms with Gasteiger partial charge in [-0.1, -0.05) is 60.3 Å². The predicted octanol–water partition coefficient (Wildman–Crippen LogP) is 5.63. The van der Waals surface area contributed by atoms with Crippen LogP contribution in [-0.2, 0) is 13.0 Å². The van der Waals surface area contributed by atoms with Crippen molar-refractivity contribution < 1.29 is 14.7 Å². The topological polar surface area (TPSA) is 78.4 Å². The molecule has 0 fully saturated rings. The van der Waals surface area contributed by atoms with Gasteiger partial charge in [-0.15, -0.1) is 0 Å². The quantitative estimate of drug-likeness (QED) is 0.356. The molecule has 5 rings (SSSR count). The number of benzene rings is 4. The van der Waals surface area contributed by atoms with Gasteiger partial charge in [0, 0.05) is 21.9 Å². The number of phenols is 1. The van der Waals surface area contributed by atoms with Crippen LogP contribution in [0.1, 0.15) is 37.4 Å². The molecule has 1 heterocycles. The minimum Gasteiger partial charge on any atom is -0.508 e. The lowest BCUT2D eigenvalue weighted by molar-refractivity contribution is 0.0949. The Hall–Kier alpha value is -4.03. The van der Waals surface area contributed by atoms with Crippen molar-refractivity contribution in [3.8, 4) is 5.75 Å². The van der Waals surface area contributed by atoms with Crippen LogP contribution in [0.25, 0.3) is 0 Å². The third-order valence-corrected chi connectivity index (χ3v) is 6.76. The lowest BCUT2D eigenvalue weighted by Crippen LogP contribution is -2.23. The Balaban J connectivity index is 1.27. The van der Waals surface area contributed by atoms with Crippen molar-refractivity contribution in [3.63, 3.8) is 0 Å². The van der Waals surface area contributed by atoms with Gasteiger partial charge in [-0.2, -0.15) is 0 Å². The van der Waals surface area contributed by atoms with Gasteiger partial charge in [0.2, 0.25) is 0 Å². The number of anilines is 1. The normalized spacial score (nSPS) is 12.2. The highest BCUT2D eigenvalue weighted by molar-refractivity contribution is 7.99. The number of carbonyl (C=O) groups is 2.